The van der Waals surface area contributed by atoms with E-state index in [0.29, 0.717) is 18.4 Å². The largest absolute Gasteiger partial charge is 0.508 e. The van der Waals surface area contributed by atoms with Gasteiger partial charge in [0.2, 0.25) is 0 Å². The number of rotatable bonds is 0. The average molecular weight is 264 g/mol. The fourth-order valence-corrected chi connectivity index (χ4v) is 2.29. The Morgan fingerprint density at radius 1 is 1.26 bits per heavy atom. The van der Waals surface area contributed by atoms with Crippen molar-refractivity contribution in [3.8, 4) is 11.5 Å². The van der Waals surface area contributed by atoms with Gasteiger partial charge in [-0.25, -0.2) is 0 Å². The molecule has 5 nitrogen and oxygen atoms in total. The Morgan fingerprint density at radius 3 is 2.74 bits per heavy atom. The van der Waals surface area contributed by atoms with Gasteiger partial charge in [0.15, 0.2) is 5.78 Å². The van der Waals surface area contributed by atoms with E-state index in [2.05, 4.69) is 0 Å². The maximum atomic E-state index is 12.1. The fraction of sp³-hybridized carbons (Fsp3) is 0.429. The molecule has 102 valence electrons. The van der Waals surface area contributed by atoms with Crippen molar-refractivity contribution in [3.05, 3.63) is 23.3 Å². The summed E-state index contributed by atoms with van der Waals surface area (Å²) in [5.41, 5.74) is 0.422. The molecule has 0 aliphatic carbocycles. The summed E-state index contributed by atoms with van der Waals surface area (Å²) in [5.74, 6) is -1.15. The van der Waals surface area contributed by atoms with Gasteiger partial charge in [-0.1, -0.05) is 0 Å². The standard InChI is InChI=1S/C14H16O5/c1-8-3-2-4-11(16)14-9(6-13(18)19-8)5-10(15)7-12(14)17/h5,7-8,15,17H,2-4,6H2,1H3/t8-/m1/s1. The lowest BCUT2D eigenvalue weighted by Gasteiger charge is -2.17. The van der Waals surface area contributed by atoms with Crippen LogP contribution in [0.15, 0.2) is 12.1 Å². The van der Waals surface area contributed by atoms with Crippen LogP contribution in [0, 0.1) is 0 Å². The summed E-state index contributed by atoms with van der Waals surface area (Å²) in [6.45, 7) is 1.78. The van der Waals surface area contributed by atoms with Crippen LogP contribution in [0.4, 0.5) is 0 Å². The van der Waals surface area contributed by atoms with E-state index in [1.54, 1.807) is 6.92 Å². The molecule has 2 N–H and O–H groups in total. The van der Waals surface area contributed by atoms with Gasteiger partial charge in [0.05, 0.1) is 18.1 Å². The molecule has 0 radical (unpaired) electrons. The minimum absolute atomic E-state index is 0.115. The van der Waals surface area contributed by atoms with E-state index >= 15 is 0 Å². The fourth-order valence-electron chi connectivity index (χ4n) is 2.29. The third kappa shape index (κ3) is 3.05. The highest BCUT2D eigenvalue weighted by atomic mass is 16.5. The lowest BCUT2D eigenvalue weighted by Crippen LogP contribution is -2.20. The first-order valence-corrected chi connectivity index (χ1v) is 6.25. The summed E-state index contributed by atoms with van der Waals surface area (Å²) in [5, 5.41) is 19.3. The number of carbonyl (C=O) groups is 2. The number of phenolic OH excluding ortho intramolecular Hbond substituents is 2. The molecule has 1 aromatic rings. The Labute approximate surface area is 110 Å². The summed E-state index contributed by atoms with van der Waals surface area (Å²) in [6.07, 6.45) is 1.13. The molecule has 0 saturated heterocycles. The first kappa shape index (κ1) is 13.4. The van der Waals surface area contributed by atoms with Gasteiger partial charge in [-0.3, -0.25) is 9.59 Å². The summed E-state index contributed by atoms with van der Waals surface area (Å²) in [4.78, 5) is 23.8. The minimum Gasteiger partial charge on any atom is -0.508 e. The number of fused-ring (bicyclic) bond motifs is 1. The van der Waals surface area contributed by atoms with Crippen LogP contribution in [0.1, 0.15) is 42.1 Å². The van der Waals surface area contributed by atoms with E-state index in [1.807, 2.05) is 0 Å². The number of benzene rings is 1. The number of Topliss-reactive ketones (excluding diaryl/α,β-unsaturated/α-hetero) is 1. The van der Waals surface area contributed by atoms with Crippen LogP contribution < -0.4 is 0 Å². The third-order valence-electron chi connectivity index (χ3n) is 3.14. The van der Waals surface area contributed by atoms with Crippen LogP contribution in [0.3, 0.4) is 0 Å². The Bertz CT molecular complexity index is 521. The Balaban J connectivity index is 2.44. The van der Waals surface area contributed by atoms with E-state index in [9.17, 15) is 19.8 Å². The topological polar surface area (TPSA) is 83.8 Å². The molecule has 19 heavy (non-hydrogen) atoms. The Kier molecular flexibility index (Phi) is 3.74. The van der Waals surface area contributed by atoms with Crippen molar-refractivity contribution < 1.29 is 24.5 Å². The highest BCUT2D eigenvalue weighted by Crippen LogP contribution is 2.30. The van der Waals surface area contributed by atoms with Gasteiger partial charge >= 0.3 is 5.97 Å². The number of cyclic esters (lactones) is 1. The van der Waals surface area contributed by atoms with Crippen molar-refractivity contribution in [1.82, 2.24) is 0 Å². The molecule has 1 aliphatic heterocycles. The van der Waals surface area contributed by atoms with Gasteiger partial charge in [0.25, 0.3) is 0 Å². The Hall–Kier alpha value is -2.04. The molecule has 1 atom stereocenters. The number of phenols is 2. The van der Waals surface area contributed by atoms with E-state index in [1.165, 1.54) is 6.07 Å². The monoisotopic (exact) mass is 264 g/mol. The average Bonchev–Trinajstić information content (AvgIpc) is 2.26. The first-order valence-electron chi connectivity index (χ1n) is 6.25. The van der Waals surface area contributed by atoms with Gasteiger partial charge in [-0.2, -0.15) is 0 Å². The maximum absolute atomic E-state index is 12.1. The van der Waals surface area contributed by atoms with E-state index in [4.69, 9.17) is 4.74 Å². The smallest absolute Gasteiger partial charge is 0.310 e. The van der Waals surface area contributed by atoms with Crippen LogP contribution in [-0.2, 0) is 16.0 Å². The van der Waals surface area contributed by atoms with Gasteiger partial charge < -0.3 is 14.9 Å². The number of hydrogen-bond donors (Lipinski definition) is 2. The molecule has 0 spiro atoms. The predicted molar refractivity (Wildman–Crippen MR) is 67.2 cm³/mol. The summed E-state index contributed by atoms with van der Waals surface area (Å²) >= 11 is 0. The number of aromatic hydroxyl groups is 2. The highest BCUT2D eigenvalue weighted by Gasteiger charge is 2.22. The van der Waals surface area contributed by atoms with Crippen LogP contribution in [-0.4, -0.2) is 28.1 Å². The Morgan fingerprint density at radius 2 is 2.00 bits per heavy atom. The highest BCUT2D eigenvalue weighted by molar-refractivity contribution is 6.01. The van der Waals surface area contributed by atoms with Crippen LogP contribution >= 0.6 is 0 Å². The predicted octanol–water partition coefficient (Wildman–Crippen LogP) is 1.94. The van der Waals surface area contributed by atoms with Crippen molar-refractivity contribution in [2.75, 3.05) is 0 Å². The molecule has 0 fully saturated rings. The van der Waals surface area contributed by atoms with Gasteiger partial charge in [-0.05, 0) is 31.4 Å². The SMILES string of the molecule is C[C@@H]1CCCC(=O)c2c(O)cc(O)cc2CC(=O)O1. The normalized spacial score (nSPS) is 20.6. The molecule has 0 unspecified atom stereocenters. The van der Waals surface area contributed by atoms with Crippen molar-refractivity contribution in [2.24, 2.45) is 0 Å². The minimum atomic E-state index is -0.464. The van der Waals surface area contributed by atoms with Gasteiger partial charge in [0.1, 0.15) is 11.5 Å². The molecule has 1 aliphatic rings. The molecular weight excluding hydrogens is 248 g/mol. The zero-order valence-electron chi connectivity index (χ0n) is 10.7. The second-order valence-corrected chi connectivity index (χ2v) is 4.79. The number of ether oxygens (including phenoxy) is 1. The van der Waals surface area contributed by atoms with E-state index in [-0.39, 0.29) is 41.8 Å². The molecule has 5 heteroatoms. The van der Waals surface area contributed by atoms with Crippen LogP contribution in [0.5, 0.6) is 11.5 Å². The summed E-state index contributed by atoms with van der Waals surface area (Å²) in [7, 11) is 0. The molecular formula is C14H16O5. The molecule has 0 aromatic heterocycles. The summed E-state index contributed by atoms with van der Waals surface area (Å²) in [6, 6.07) is 2.43. The number of carbonyl (C=O) groups excluding carboxylic acids is 2. The van der Waals surface area contributed by atoms with Crippen LogP contribution in [0.25, 0.3) is 0 Å². The first-order chi connectivity index (χ1) is 8.97. The maximum Gasteiger partial charge on any atom is 0.310 e. The summed E-state index contributed by atoms with van der Waals surface area (Å²) < 4.78 is 5.19. The number of esters is 1. The second kappa shape index (κ2) is 5.30. The molecule has 0 amide bonds. The molecule has 1 heterocycles. The zero-order valence-corrected chi connectivity index (χ0v) is 10.7. The van der Waals surface area contributed by atoms with Gasteiger partial charge in [-0.15, -0.1) is 0 Å². The molecule has 0 saturated carbocycles. The van der Waals surface area contributed by atoms with E-state index < -0.39 is 5.97 Å². The lowest BCUT2D eigenvalue weighted by atomic mass is 9.95. The van der Waals surface area contributed by atoms with Gasteiger partial charge in [0, 0.05) is 12.5 Å². The lowest BCUT2D eigenvalue weighted by molar-refractivity contribution is -0.147. The molecule has 1 aromatic carbocycles. The number of ketones is 1. The van der Waals surface area contributed by atoms with Crippen molar-refractivity contribution in [2.45, 2.75) is 38.7 Å². The molecule has 2 rings (SSSR count). The van der Waals surface area contributed by atoms with Crippen molar-refractivity contribution >= 4 is 11.8 Å². The quantitative estimate of drug-likeness (QED) is 0.699. The second-order valence-electron chi connectivity index (χ2n) is 4.79. The number of hydrogen-bond acceptors (Lipinski definition) is 5. The zero-order chi connectivity index (χ0) is 14.0. The van der Waals surface area contributed by atoms with E-state index in [0.717, 1.165) is 6.07 Å². The van der Waals surface area contributed by atoms with Crippen molar-refractivity contribution in [3.63, 3.8) is 0 Å². The molecule has 0 bridgehead atoms. The van der Waals surface area contributed by atoms with Crippen LogP contribution in [0.2, 0.25) is 0 Å². The third-order valence-corrected chi connectivity index (χ3v) is 3.14. The van der Waals surface area contributed by atoms with Crippen molar-refractivity contribution in [1.29, 1.82) is 0 Å².